The van der Waals surface area contributed by atoms with Crippen LogP contribution in [0.25, 0.3) is 22.3 Å². The summed E-state index contributed by atoms with van der Waals surface area (Å²) in [6.45, 7) is 3.44. The number of carbonyl (C=O) groups excluding carboxylic acids is 1. The molecular weight excluding hydrogens is 463 g/mol. The molecule has 0 aliphatic carbocycles. The molecule has 0 aromatic carbocycles. The predicted molar refractivity (Wildman–Crippen MR) is 127 cm³/mol. The van der Waals surface area contributed by atoms with E-state index in [-0.39, 0.29) is 29.0 Å². The van der Waals surface area contributed by atoms with Crippen LogP contribution in [0.4, 0.5) is 35.2 Å². The first-order chi connectivity index (χ1) is 16.6. The van der Waals surface area contributed by atoms with Gasteiger partial charge in [0, 0.05) is 37.4 Å². The van der Waals surface area contributed by atoms with Crippen LogP contribution < -0.4 is 27.6 Å². The predicted octanol–water partition coefficient (Wildman–Crippen LogP) is 2.75. The average molecular weight is 490 g/mol. The Hall–Kier alpha value is -3.87. The number of anilines is 3. The lowest BCUT2D eigenvalue weighted by Crippen LogP contribution is -2.51. The highest BCUT2D eigenvalue weighted by molar-refractivity contribution is 5.95. The number of nitrogens with one attached hydrogen (secondary N) is 1. The molecule has 0 spiro atoms. The summed E-state index contributed by atoms with van der Waals surface area (Å²) < 4.78 is 40.0. The van der Waals surface area contributed by atoms with Gasteiger partial charge in [0.25, 0.3) is 0 Å². The highest BCUT2D eigenvalue weighted by Gasteiger charge is 2.34. The summed E-state index contributed by atoms with van der Waals surface area (Å²) >= 11 is 0. The van der Waals surface area contributed by atoms with Crippen LogP contribution in [0.1, 0.15) is 25.3 Å². The molecule has 1 saturated heterocycles. The van der Waals surface area contributed by atoms with Crippen molar-refractivity contribution in [1.29, 1.82) is 0 Å². The Morgan fingerprint density at radius 3 is 2.57 bits per heavy atom. The number of likely N-dealkylation sites (tertiary alicyclic amines) is 1. The summed E-state index contributed by atoms with van der Waals surface area (Å²) in [4.78, 5) is 26.4. The number of fused-ring (bicyclic) bond motifs is 1. The zero-order chi connectivity index (χ0) is 25.3. The third-order valence-corrected chi connectivity index (χ3v) is 5.97. The molecule has 1 fully saturated rings. The van der Waals surface area contributed by atoms with Crippen molar-refractivity contribution in [2.75, 3.05) is 36.1 Å². The van der Waals surface area contributed by atoms with Crippen LogP contribution >= 0.6 is 0 Å². The van der Waals surface area contributed by atoms with E-state index in [1.165, 1.54) is 17.4 Å². The number of nitrogen functional groups attached to an aromatic ring is 2. The Morgan fingerprint density at radius 1 is 1.20 bits per heavy atom. The highest BCUT2D eigenvalue weighted by atomic mass is 19.4. The summed E-state index contributed by atoms with van der Waals surface area (Å²) in [5.74, 6) is 5.89. The van der Waals surface area contributed by atoms with Crippen molar-refractivity contribution in [3.8, 4) is 11.3 Å². The van der Waals surface area contributed by atoms with Gasteiger partial charge in [-0.25, -0.2) is 20.6 Å². The van der Waals surface area contributed by atoms with Gasteiger partial charge < -0.3 is 26.7 Å². The highest BCUT2D eigenvalue weighted by Crippen LogP contribution is 2.36. The first-order valence-electron chi connectivity index (χ1n) is 11.0. The number of hydrogen-bond donors (Lipinski definition) is 4. The minimum absolute atomic E-state index is 0.120. The number of urea groups is 1. The Bertz CT molecular complexity index is 1240. The van der Waals surface area contributed by atoms with Crippen molar-refractivity contribution in [1.82, 2.24) is 25.2 Å². The first-order valence-corrected chi connectivity index (χ1v) is 11.0. The van der Waals surface area contributed by atoms with Crippen molar-refractivity contribution in [2.24, 2.45) is 5.84 Å². The molecule has 4 rings (SSSR count). The number of pyridine rings is 3. The number of halogens is 3. The quantitative estimate of drug-likeness (QED) is 0.322. The molecule has 10 nitrogen and oxygen atoms in total. The van der Waals surface area contributed by atoms with Crippen LogP contribution in [0.2, 0.25) is 0 Å². The number of piperidine rings is 1. The molecule has 3 aromatic rings. The molecule has 0 unspecified atom stereocenters. The van der Waals surface area contributed by atoms with Crippen molar-refractivity contribution in [2.45, 2.75) is 32.0 Å². The number of hydrazine groups is 1. The van der Waals surface area contributed by atoms with Crippen LogP contribution in [0.15, 0.2) is 30.6 Å². The SMILES string of the molecule is CCNC(=O)N1CCC(N(N)c2c(N)cnc3ccc(-c4cnc(N)c(C(F)(F)F)c4)nc23)CC1. The van der Waals surface area contributed by atoms with Gasteiger partial charge in [0.15, 0.2) is 0 Å². The molecule has 0 saturated carbocycles. The Kier molecular flexibility index (Phi) is 6.52. The van der Waals surface area contributed by atoms with E-state index >= 15 is 0 Å². The fourth-order valence-corrected chi connectivity index (χ4v) is 4.13. The number of hydrogen-bond acceptors (Lipinski definition) is 8. The maximum atomic E-state index is 13.3. The largest absolute Gasteiger partial charge is 0.419 e. The van der Waals surface area contributed by atoms with E-state index in [0.29, 0.717) is 49.2 Å². The summed E-state index contributed by atoms with van der Waals surface area (Å²) in [6.07, 6.45) is -0.747. The van der Waals surface area contributed by atoms with Crippen molar-refractivity contribution >= 4 is 34.3 Å². The second-order valence-electron chi connectivity index (χ2n) is 8.24. The van der Waals surface area contributed by atoms with Gasteiger partial charge in [-0.3, -0.25) is 4.98 Å². The van der Waals surface area contributed by atoms with Crippen molar-refractivity contribution in [3.05, 3.63) is 36.2 Å². The molecule has 3 aromatic heterocycles. The zero-order valence-electron chi connectivity index (χ0n) is 19.0. The summed E-state index contributed by atoms with van der Waals surface area (Å²) in [6, 6.07) is 3.84. The fourth-order valence-electron chi connectivity index (χ4n) is 4.13. The second-order valence-corrected chi connectivity index (χ2v) is 8.24. The van der Waals surface area contributed by atoms with Crippen LogP contribution in [-0.4, -0.2) is 51.6 Å². The maximum Gasteiger partial charge on any atom is 0.419 e. The van der Waals surface area contributed by atoms with E-state index < -0.39 is 17.6 Å². The molecule has 0 bridgehead atoms. The maximum absolute atomic E-state index is 13.3. The summed E-state index contributed by atoms with van der Waals surface area (Å²) in [5, 5.41) is 4.30. The number of aromatic nitrogens is 3. The van der Waals surface area contributed by atoms with Crippen LogP contribution in [0.3, 0.4) is 0 Å². The molecule has 1 aliphatic rings. The zero-order valence-corrected chi connectivity index (χ0v) is 19.0. The van der Waals surface area contributed by atoms with Gasteiger partial charge >= 0.3 is 12.2 Å². The third kappa shape index (κ3) is 4.85. The Balaban J connectivity index is 1.68. The van der Waals surface area contributed by atoms with Crippen LogP contribution in [0, 0.1) is 0 Å². The number of nitrogens with two attached hydrogens (primary N) is 3. The topological polar surface area (TPSA) is 152 Å². The lowest BCUT2D eigenvalue weighted by molar-refractivity contribution is -0.137. The Labute approximate surface area is 199 Å². The van der Waals surface area contributed by atoms with Gasteiger partial charge in [-0.2, -0.15) is 13.2 Å². The molecule has 0 atom stereocenters. The van der Waals surface area contributed by atoms with Crippen molar-refractivity contribution in [3.63, 3.8) is 0 Å². The minimum atomic E-state index is -4.65. The van der Waals surface area contributed by atoms with E-state index in [9.17, 15) is 18.0 Å². The molecule has 0 radical (unpaired) electrons. The third-order valence-electron chi connectivity index (χ3n) is 5.97. The molecule has 1 aliphatic heterocycles. The number of alkyl halides is 3. The van der Waals surface area contributed by atoms with Gasteiger partial charge in [-0.1, -0.05) is 0 Å². The van der Waals surface area contributed by atoms with E-state index in [2.05, 4.69) is 20.3 Å². The lowest BCUT2D eigenvalue weighted by Gasteiger charge is -2.37. The molecule has 13 heteroatoms. The van der Waals surface area contributed by atoms with E-state index in [1.54, 1.807) is 17.0 Å². The van der Waals surface area contributed by atoms with Crippen molar-refractivity contribution < 1.29 is 18.0 Å². The fraction of sp³-hybridized carbons (Fsp3) is 0.364. The molecule has 2 amide bonds. The van der Waals surface area contributed by atoms with Crippen LogP contribution in [-0.2, 0) is 6.18 Å². The Morgan fingerprint density at radius 2 is 1.91 bits per heavy atom. The first kappa shape index (κ1) is 24.3. The van der Waals surface area contributed by atoms with E-state index in [1.807, 2.05) is 6.92 Å². The molecule has 7 N–H and O–H groups in total. The molecular formula is C22H26F3N9O. The van der Waals surface area contributed by atoms with E-state index in [0.717, 1.165) is 6.07 Å². The van der Waals surface area contributed by atoms with Gasteiger partial charge in [0.2, 0.25) is 0 Å². The molecule has 186 valence electrons. The lowest BCUT2D eigenvalue weighted by atomic mass is 10.0. The minimum Gasteiger partial charge on any atom is -0.396 e. The number of rotatable bonds is 4. The summed E-state index contributed by atoms with van der Waals surface area (Å²) in [5.41, 5.74) is 12.5. The smallest absolute Gasteiger partial charge is 0.396 e. The van der Waals surface area contributed by atoms with E-state index in [4.69, 9.17) is 17.3 Å². The number of amides is 2. The normalized spacial score (nSPS) is 14.8. The summed E-state index contributed by atoms with van der Waals surface area (Å²) in [7, 11) is 0. The molecule has 35 heavy (non-hydrogen) atoms. The average Bonchev–Trinajstić information content (AvgIpc) is 2.83. The van der Waals surface area contributed by atoms with Gasteiger partial charge in [-0.15, -0.1) is 0 Å². The standard InChI is InChI=1S/C22H26F3N9O/c1-2-29-21(35)33-7-5-13(6-8-33)34(28)19-15(26)11-30-17-4-3-16(32-18(17)19)12-9-14(22(23,24)25)20(27)31-10-12/h3-4,9-11,13H,2,5-8,26,28H2,1H3,(H2,27,31)(H,29,35). The van der Waals surface area contributed by atoms with Gasteiger partial charge in [-0.05, 0) is 38.0 Å². The monoisotopic (exact) mass is 489 g/mol. The van der Waals surface area contributed by atoms with Crippen LogP contribution in [0.5, 0.6) is 0 Å². The van der Waals surface area contributed by atoms with Gasteiger partial charge in [0.05, 0.1) is 28.7 Å². The molecule has 4 heterocycles. The number of carbonyl (C=O) groups is 1. The second kappa shape index (κ2) is 9.41. The van der Waals surface area contributed by atoms with Gasteiger partial charge in [0.1, 0.15) is 17.0 Å². The number of nitrogens with zero attached hydrogens (tertiary/aromatic N) is 5.